The van der Waals surface area contributed by atoms with E-state index in [1.807, 2.05) is 0 Å². The molecule has 1 saturated heterocycles. The first-order valence-electron chi connectivity index (χ1n) is 7.38. The molecule has 0 aromatic heterocycles. The smallest absolute Gasteiger partial charge is 0.257 e. The molecule has 0 aliphatic carbocycles. The summed E-state index contributed by atoms with van der Waals surface area (Å²) in [6.45, 7) is 2.16. The van der Waals surface area contributed by atoms with Gasteiger partial charge in [0, 0.05) is 32.9 Å². The third kappa shape index (κ3) is 4.17. The van der Waals surface area contributed by atoms with Gasteiger partial charge in [0.15, 0.2) is 0 Å². The minimum Gasteiger partial charge on any atom is -0.507 e. The van der Waals surface area contributed by atoms with Gasteiger partial charge >= 0.3 is 0 Å². The van der Waals surface area contributed by atoms with Crippen molar-refractivity contribution in [3.63, 3.8) is 0 Å². The summed E-state index contributed by atoms with van der Waals surface area (Å²) < 4.78 is 18.0. The Hall–Kier alpha value is -1.62. The SMILES string of the molecule is COCCCC1CCN(C(=O)c2ccc(F)cc2O)CC1. The Kier molecular flexibility index (Phi) is 5.56. The fourth-order valence-corrected chi connectivity index (χ4v) is 2.80. The van der Waals surface area contributed by atoms with Crippen molar-refractivity contribution in [1.82, 2.24) is 4.90 Å². The number of piperidine rings is 1. The summed E-state index contributed by atoms with van der Waals surface area (Å²) in [6.07, 6.45) is 4.11. The van der Waals surface area contributed by atoms with Crippen molar-refractivity contribution < 1.29 is 19.0 Å². The number of likely N-dealkylation sites (tertiary alicyclic amines) is 1. The molecule has 1 aromatic carbocycles. The van der Waals surface area contributed by atoms with Gasteiger partial charge in [0.1, 0.15) is 11.6 Å². The lowest BCUT2D eigenvalue weighted by Crippen LogP contribution is -2.38. The molecule has 2 rings (SSSR count). The van der Waals surface area contributed by atoms with Gasteiger partial charge in [-0.15, -0.1) is 0 Å². The molecule has 0 spiro atoms. The van der Waals surface area contributed by atoms with Crippen LogP contribution in [0, 0.1) is 11.7 Å². The van der Waals surface area contributed by atoms with Crippen molar-refractivity contribution >= 4 is 5.91 Å². The first-order valence-corrected chi connectivity index (χ1v) is 7.38. The van der Waals surface area contributed by atoms with Gasteiger partial charge in [-0.1, -0.05) is 0 Å². The molecule has 1 aromatic rings. The molecular formula is C16H22FNO3. The standard InChI is InChI=1S/C16H22FNO3/c1-21-10-2-3-12-6-8-18(9-7-12)16(20)14-5-4-13(17)11-15(14)19/h4-5,11-12,19H,2-3,6-10H2,1H3. The zero-order valence-corrected chi connectivity index (χ0v) is 12.3. The number of rotatable bonds is 5. The summed E-state index contributed by atoms with van der Waals surface area (Å²) in [5.41, 5.74) is 0.175. The Morgan fingerprint density at radius 2 is 2.14 bits per heavy atom. The highest BCUT2D eigenvalue weighted by Crippen LogP contribution is 2.25. The zero-order valence-electron chi connectivity index (χ0n) is 12.3. The Morgan fingerprint density at radius 3 is 2.76 bits per heavy atom. The van der Waals surface area contributed by atoms with Crippen LogP contribution in [0.15, 0.2) is 18.2 Å². The average Bonchev–Trinajstić information content (AvgIpc) is 2.48. The second kappa shape index (κ2) is 7.41. The van der Waals surface area contributed by atoms with E-state index in [0.29, 0.717) is 19.0 Å². The number of hydrogen-bond acceptors (Lipinski definition) is 3. The quantitative estimate of drug-likeness (QED) is 0.850. The van der Waals surface area contributed by atoms with Crippen LogP contribution in [-0.2, 0) is 4.74 Å². The Labute approximate surface area is 124 Å². The molecule has 116 valence electrons. The minimum absolute atomic E-state index is 0.175. The molecule has 1 aliphatic heterocycles. The van der Waals surface area contributed by atoms with Crippen molar-refractivity contribution in [2.45, 2.75) is 25.7 Å². The first kappa shape index (κ1) is 15.8. The molecule has 1 aliphatic rings. The van der Waals surface area contributed by atoms with Crippen LogP contribution in [0.2, 0.25) is 0 Å². The summed E-state index contributed by atoms with van der Waals surface area (Å²) in [7, 11) is 1.70. The number of nitrogens with zero attached hydrogens (tertiary/aromatic N) is 1. The second-order valence-corrected chi connectivity index (χ2v) is 5.53. The molecule has 1 N–H and O–H groups in total. The maximum absolute atomic E-state index is 13.0. The Bertz CT molecular complexity index is 484. The number of carbonyl (C=O) groups is 1. The summed E-state index contributed by atoms with van der Waals surface area (Å²) in [6, 6.07) is 3.52. The molecular weight excluding hydrogens is 273 g/mol. The highest BCUT2D eigenvalue weighted by atomic mass is 19.1. The summed E-state index contributed by atoms with van der Waals surface area (Å²) >= 11 is 0. The van der Waals surface area contributed by atoms with E-state index in [1.165, 1.54) is 12.1 Å². The second-order valence-electron chi connectivity index (χ2n) is 5.53. The number of hydrogen-bond donors (Lipinski definition) is 1. The van der Waals surface area contributed by atoms with Gasteiger partial charge in [0.2, 0.25) is 0 Å². The predicted octanol–water partition coefficient (Wildman–Crippen LogP) is 2.81. The molecule has 1 heterocycles. The van der Waals surface area contributed by atoms with E-state index in [4.69, 9.17) is 4.74 Å². The number of phenols is 1. The Balaban J connectivity index is 1.88. The molecule has 1 fully saturated rings. The number of aromatic hydroxyl groups is 1. The van der Waals surface area contributed by atoms with E-state index in [1.54, 1.807) is 12.0 Å². The maximum atomic E-state index is 13.0. The number of phenolic OH excluding ortho intramolecular Hbond substituents is 1. The van der Waals surface area contributed by atoms with Crippen LogP contribution in [-0.4, -0.2) is 42.7 Å². The van der Waals surface area contributed by atoms with Crippen LogP contribution in [0.1, 0.15) is 36.0 Å². The average molecular weight is 295 g/mol. The molecule has 0 unspecified atom stereocenters. The van der Waals surface area contributed by atoms with Crippen LogP contribution < -0.4 is 0 Å². The third-order valence-corrected chi connectivity index (χ3v) is 4.05. The largest absolute Gasteiger partial charge is 0.507 e. The van der Waals surface area contributed by atoms with Gasteiger partial charge in [0.05, 0.1) is 5.56 Å². The molecule has 0 radical (unpaired) electrons. The zero-order chi connectivity index (χ0) is 15.2. The van der Waals surface area contributed by atoms with Gasteiger partial charge < -0.3 is 14.7 Å². The van der Waals surface area contributed by atoms with Gasteiger partial charge in [-0.05, 0) is 43.7 Å². The molecule has 4 nitrogen and oxygen atoms in total. The van der Waals surface area contributed by atoms with E-state index < -0.39 is 5.82 Å². The lowest BCUT2D eigenvalue weighted by molar-refractivity contribution is 0.0678. The van der Waals surface area contributed by atoms with Crippen molar-refractivity contribution in [3.05, 3.63) is 29.6 Å². The van der Waals surface area contributed by atoms with Crippen LogP contribution in [0.3, 0.4) is 0 Å². The molecule has 0 atom stereocenters. The summed E-state index contributed by atoms with van der Waals surface area (Å²) in [5, 5.41) is 9.69. The lowest BCUT2D eigenvalue weighted by Gasteiger charge is -2.32. The number of halogens is 1. The van der Waals surface area contributed by atoms with E-state index >= 15 is 0 Å². The monoisotopic (exact) mass is 295 g/mol. The van der Waals surface area contributed by atoms with Gasteiger partial charge in [-0.2, -0.15) is 0 Å². The van der Waals surface area contributed by atoms with Crippen LogP contribution in [0.25, 0.3) is 0 Å². The first-order chi connectivity index (χ1) is 10.1. The normalized spacial score (nSPS) is 16.2. The van der Waals surface area contributed by atoms with E-state index in [0.717, 1.165) is 38.4 Å². The number of benzene rings is 1. The number of methoxy groups -OCH3 is 1. The molecule has 5 heteroatoms. The van der Waals surface area contributed by atoms with Gasteiger partial charge in [0.25, 0.3) is 5.91 Å². The Morgan fingerprint density at radius 1 is 1.43 bits per heavy atom. The van der Waals surface area contributed by atoms with Gasteiger partial charge in [-0.3, -0.25) is 4.79 Å². The number of amides is 1. The van der Waals surface area contributed by atoms with Crippen molar-refractivity contribution in [2.75, 3.05) is 26.8 Å². The van der Waals surface area contributed by atoms with E-state index in [2.05, 4.69) is 0 Å². The van der Waals surface area contributed by atoms with Crippen molar-refractivity contribution in [3.8, 4) is 5.75 Å². The summed E-state index contributed by atoms with van der Waals surface area (Å²) in [5.74, 6) is -0.419. The summed E-state index contributed by atoms with van der Waals surface area (Å²) in [4.78, 5) is 14.1. The highest BCUT2D eigenvalue weighted by Gasteiger charge is 2.25. The fraction of sp³-hybridized carbons (Fsp3) is 0.562. The molecule has 21 heavy (non-hydrogen) atoms. The maximum Gasteiger partial charge on any atom is 0.257 e. The number of carbonyl (C=O) groups excluding carboxylic acids is 1. The topological polar surface area (TPSA) is 49.8 Å². The highest BCUT2D eigenvalue weighted by molar-refractivity contribution is 5.96. The van der Waals surface area contributed by atoms with E-state index in [-0.39, 0.29) is 17.2 Å². The van der Waals surface area contributed by atoms with Crippen molar-refractivity contribution in [2.24, 2.45) is 5.92 Å². The van der Waals surface area contributed by atoms with Crippen molar-refractivity contribution in [1.29, 1.82) is 0 Å². The van der Waals surface area contributed by atoms with Gasteiger partial charge in [-0.25, -0.2) is 4.39 Å². The molecule has 1 amide bonds. The lowest BCUT2D eigenvalue weighted by atomic mass is 9.92. The molecule has 0 bridgehead atoms. The predicted molar refractivity (Wildman–Crippen MR) is 77.8 cm³/mol. The third-order valence-electron chi connectivity index (χ3n) is 4.05. The fourth-order valence-electron chi connectivity index (χ4n) is 2.80. The van der Waals surface area contributed by atoms with E-state index in [9.17, 15) is 14.3 Å². The van der Waals surface area contributed by atoms with Crippen LogP contribution in [0.5, 0.6) is 5.75 Å². The van der Waals surface area contributed by atoms with Crippen LogP contribution >= 0.6 is 0 Å². The van der Waals surface area contributed by atoms with Crippen LogP contribution in [0.4, 0.5) is 4.39 Å². The minimum atomic E-state index is -0.541. The molecule has 0 saturated carbocycles. The number of ether oxygens (including phenoxy) is 1.